The highest BCUT2D eigenvalue weighted by Crippen LogP contribution is 2.09. The molecule has 68 valence electrons. The van der Waals surface area contributed by atoms with Crippen LogP contribution in [-0.4, -0.2) is 24.3 Å². The third-order valence-corrected chi connectivity index (χ3v) is 1.46. The summed E-state index contributed by atoms with van der Waals surface area (Å²) in [4.78, 5) is 24.6. The summed E-state index contributed by atoms with van der Waals surface area (Å²) in [6.45, 7) is 0. The van der Waals surface area contributed by atoms with Crippen LogP contribution in [0.1, 0.15) is 20.7 Å². The first kappa shape index (κ1) is 9.31. The van der Waals surface area contributed by atoms with Gasteiger partial charge in [-0.25, -0.2) is 9.78 Å². The second kappa shape index (κ2) is 3.75. The van der Waals surface area contributed by atoms with E-state index in [0.29, 0.717) is 0 Å². The summed E-state index contributed by atoms with van der Waals surface area (Å²) in [6.07, 6.45) is 1.32. The lowest BCUT2D eigenvalue weighted by atomic mass is 10.1. The third-order valence-electron chi connectivity index (χ3n) is 1.46. The molecule has 0 unspecified atom stereocenters. The minimum atomic E-state index is -0.974. The van der Waals surface area contributed by atoms with E-state index in [2.05, 4.69) is 9.72 Å². The number of ether oxygens (including phenoxy) is 1. The number of aromatic nitrogens is 1. The van der Waals surface area contributed by atoms with Gasteiger partial charge in [0, 0.05) is 6.20 Å². The molecular weight excluding hydrogens is 177 g/mol. The Labute approximate surface area is 73.3 Å². The van der Waals surface area contributed by atoms with E-state index in [-0.39, 0.29) is 17.4 Å². The SMILES string of the molecule is COC(=O)c1ccnc(F)c1C=O. The minimum Gasteiger partial charge on any atom is -0.465 e. The first-order valence-corrected chi connectivity index (χ1v) is 3.38. The lowest BCUT2D eigenvalue weighted by Crippen LogP contribution is -2.08. The van der Waals surface area contributed by atoms with Gasteiger partial charge in [-0.15, -0.1) is 0 Å². The Bertz CT molecular complexity index is 351. The molecule has 0 radical (unpaired) electrons. The quantitative estimate of drug-likeness (QED) is 0.387. The van der Waals surface area contributed by atoms with Crippen LogP contribution in [0, 0.1) is 5.95 Å². The van der Waals surface area contributed by atoms with E-state index in [0.717, 1.165) is 13.3 Å². The summed E-state index contributed by atoms with van der Waals surface area (Å²) in [5.41, 5.74) is -0.501. The van der Waals surface area contributed by atoms with Crippen molar-refractivity contribution >= 4 is 12.3 Å². The fourth-order valence-electron chi connectivity index (χ4n) is 0.848. The van der Waals surface area contributed by atoms with Gasteiger partial charge in [-0.05, 0) is 6.07 Å². The Morgan fingerprint density at radius 2 is 2.38 bits per heavy atom. The average molecular weight is 183 g/mol. The van der Waals surface area contributed by atoms with Crippen molar-refractivity contribution in [2.45, 2.75) is 0 Å². The maximum Gasteiger partial charge on any atom is 0.338 e. The summed E-state index contributed by atoms with van der Waals surface area (Å²) < 4.78 is 17.1. The highest BCUT2D eigenvalue weighted by atomic mass is 19.1. The van der Waals surface area contributed by atoms with E-state index in [9.17, 15) is 14.0 Å². The van der Waals surface area contributed by atoms with Gasteiger partial charge in [0.05, 0.1) is 18.2 Å². The number of esters is 1. The zero-order chi connectivity index (χ0) is 9.84. The topological polar surface area (TPSA) is 56.3 Å². The molecule has 4 nitrogen and oxygen atoms in total. The van der Waals surface area contributed by atoms with Crippen molar-refractivity contribution < 1.29 is 18.7 Å². The lowest BCUT2D eigenvalue weighted by molar-refractivity contribution is 0.0597. The molecule has 0 aliphatic carbocycles. The van der Waals surface area contributed by atoms with Crippen LogP contribution >= 0.6 is 0 Å². The molecule has 13 heavy (non-hydrogen) atoms. The van der Waals surface area contributed by atoms with Gasteiger partial charge in [0.25, 0.3) is 0 Å². The predicted molar refractivity (Wildman–Crippen MR) is 40.9 cm³/mol. The number of hydrogen-bond donors (Lipinski definition) is 0. The molecule has 0 amide bonds. The largest absolute Gasteiger partial charge is 0.465 e. The van der Waals surface area contributed by atoms with E-state index in [1.807, 2.05) is 0 Å². The normalized spacial score (nSPS) is 9.38. The first-order valence-electron chi connectivity index (χ1n) is 3.38. The van der Waals surface area contributed by atoms with Crippen LogP contribution in [-0.2, 0) is 4.74 Å². The maximum atomic E-state index is 12.8. The molecule has 5 heteroatoms. The van der Waals surface area contributed by atoms with Gasteiger partial charge >= 0.3 is 5.97 Å². The summed E-state index contributed by atoms with van der Waals surface area (Å²) in [5.74, 6) is -1.73. The zero-order valence-electron chi connectivity index (χ0n) is 6.78. The Kier molecular flexibility index (Phi) is 2.69. The molecule has 1 rings (SSSR count). The molecule has 0 saturated carbocycles. The van der Waals surface area contributed by atoms with Crippen LogP contribution < -0.4 is 0 Å². The van der Waals surface area contributed by atoms with Crippen molar-refractivity contribution in [3.05, 3.63) is 29.3 Å². The van der Waals surface area contributed by atoms with E-state index < -0.39 is 11.9 Å². The molecular formula is C8H6FNO3. The fraction of sp³-hybridized carbons (Fsp3) is 0.125. The molecule has 0 aliphatic heterocycles. The van der Waals surface area contributed by atoms with Gasteiger partial charge in [0.2, 0.25) is 5.95 Å². The van der Waals surface area contributed by atoms with Gasteiger partial charge < -0.3 is 4.74 Å². The van der Waals surface area contributed by atoms with Crippen molar-refractivity contribution in [2.75, 3.05) is 7.11 Å². The average Bonchev–Trinajstić information content (AvgIpc) is 2.16. The Balaban J connectivity index is 3.28. The molecule has 1 aromatic heterocycles. The molecule has 0 atom stereocenters. The number of carbonyl (C=O) groups is 2. The number of pyridine rings is 1. The van der Waals surface area contributed by atoms with E-state index >= 15 is 0 Å². The summed E-state index contributed by atoms with van der Waals surface area (Å²) in [7, 11) is 1.15. The van der Waals surface area contributed by atoms with Gasteiger partial charge in [0.1, 0.15) is 0 Å². The monoisotopic (exact) mass is 183 g/mol. The Morgan fingerprint density at radius 1 is 1.69 bits per heavy atom. The number of hydrogen-bond acceptors (Lipinski definition) is 4. The molecule has 0 spiro atoms. The van der Waals surface area contributed by atoms with Crippen molar-refractivity contribution in [1.29, 1.82) is 0 Å². The van der Waals surface area contributed by atoms with Gasteiger partial charge in [0.15, 0.2) is 6.29 Å². The lowest BCUT2D eigenvalue weighted by Gasteiger charge is -2.01. The fourth-order valence-corrected chi connectivity index (χ4v) is 0.848. The number of halogens is 1. The van der Waals surface area contributed by atoms with Gasteiger partial charge in [-0.2, -0.15) is 4.39 Å². The van der Waals surface area contributed by atoms with E-state index in [1.54, 1.807) is 0 Å². The standard InChI is InChI=1S/C8H6FNO3/c1-13-8(12)5-2-3-10-7(9)6(5)4-11/h2-4H,1H3. The van der Waals surface area contributed by atoms with Crippen molar-refractivity contribution in [2.24, 2.45) is 0 Å². The van der Waals surface area contributed by atoms with Crippen LogP contribution in [0.2, 0.25) is 0 Å². The second-order valence-corrected chi connectivity index (χ2v) is 2.17. The van der Waals surface area contributed by atoms with Crippen LogP contribution in [0.25, 0.3) is 0 Å². The highest BCUT2D eigenvalue weighted by molar-refractivity contribution is 5.97. The van der Waals surface area contributed by atoms with E-state index in [1.165, 1.54) is 6.07 Å². The Hall–Kier alpha value is -1.78. The minimum absolute atomic E-state index is 0.120. The molecule has 0 fully saturated rings. The summed E-state index contributed by atoms with van der Waals surface area (Å²) in [6, 6.07) is 1.22. The molecule has 0 bridgehead atoms. The zero-order valence-corrected chi connectivity index (χ0v) is 6.78. The molecule has 0 saturated heterocycles. The van der Waals surface area contributed by atoms with E-state index in [4.69, 9.17) is 0 Å². The van der Waals surface area contributed by atoms with Crippen LogP contribution in [0.5, 0.6) is 0 Å². The first-order chi connectivity index (χ1) is 6.20. The van der Waals surface area contributed by atoms with Crippen LogP contribution in [0.4, 0.5) is 4.39 Å². The second-order valence-electron chi connectivity index (χ2n) is 2.17. The molecule has 1 aromatic rings. The van der Waals surface area contributed by atoms with Crippen molar-refractivity contribution in [3.63, 3.8) is 0 Å². The van der Waals surface area contributed by atoms with Crippen LogP contribution in [0.15, 0.2) is 12.3 Å². The molecule has 0 N–H and O–H groups in total. The third kappa shape index (κ3) is 1.69. The predicted octanol–water partition coefficient (Wildman–Crippen LogP) is 0.820. The molecule has 1 heterocycles. The van der Waals surface area contributed by atoms with Gasteiger partial charge in [-0.1, -0.05) is 0 Å². The van der Waals surface area contributed by atoms with Crippen molar-refractivity contribution in [1.82, 2.24) is 4.98 Å². The smallest absolute Gasteiger partial charge is 0.338 e. The number of nitrogens with zero attached hydrogens (tertiary/aromatic N) is 1. The number of rotatable bonds is 2. The maximum absolute atomic E-state index is 12.8. The number of aldehydes is 1. The van der Waals surface area contributed by atoms with Crippen molar-refractivity contribution in [3.8, 4) is 0 Å². The van der Waals surface area contributed by atoms with Gasteiger partial charge in [-0.3, -0.25) is 4.79 Å². The highest BCUT2D eigenvalue weighted by Gasteiger charge is 2.15. The number of carbonyl (C=O) groups excluding carboxylic acids is 2. The summed E-state index contributed by atoms with van der Waals surface area (Å²) in [5, 5.41) is 0. The van der Waals surface area contributed by atoms with Crippen LogP contribution in [0.3, 0.4) is 0 Å². The number of methoxy groups -OCH3 is 1. The molecule has 0 aromatic carbocycles. The molecule has 0 aliphatic rings. The Morgan fingerprint density at radius 3 is 2.92 bits per heavy atom. The summed E-state index contributed by atoms with van der Waals surface area (Å²) >= 11 is 0.